The van der Waals surface area contributed by atoms with Crippen molar-refractivity contribution in [3.05, 3.63) is 70.5 Å². The molecule has 3 rings (SSSR count). The fourth-order valence-corrected chi connectivity index (χ4v) is 3.50. The zero-order valence-electron chi connectivity index (χ0n) is 14.0. The highest BCUT2D eigenvalue weighted by Crippen LogP contribution is 2.25. The quantitative estimate of drug-likeness (QED) is 0.522. The zero-order chi connectivity index (χ0) is 18.5. The number of thioether (sulfide) groups is 1. The van der Waals surface area contributed by atoms with Crippen molar-refractivity contribution in [1.82, 2.24) is 14.8 Å². The van der Waals surface area contributed by atoms with E-state index in [9.17, 15) is 8.78 Å². The van der Waals surface area contributed by atoms with Crippen LogP contribution in [0.2, 0.25) is 5.02 Å². The first-order valence-electron chi connectivity index (χ1n) is 7.94. The van der Waals surface area contributed by atoms with E-state index in [4.69, 9.17) is 16.3 Å². The van der Waals surface area contributed by atoms with Gasteiger partial charge in [-0.1, -0.05) is 41.6 Å². The summed E-state index contributed by atoms with van der Waals surface area (Å²) < 4.78 is 34.5. The summed E-state index contributed by atoms with van der Waals surface area (Å²) in [6.07, 6.45) is 0. The number of hydrogen-bond donors (Lipinski definition) is 0. The highest BCUT2D eigenvalue weighted by molar-refractivity contribution is 7.98. The van der Waals surface area contributed by atoms with Gasteiger partial charge in [-0.3, -0.25) is 0 Å². The van der Waals surface area contributed by atoms with E-state index in [1.807, 2.05) is 11.5 Å². The zero-order valence-corrected chi connectivity index (χ0v) is 15.5. The van der Waals surface area contributed by atoms with Gasteiger partial charge in [0, 0.05) is 18.4 Å². The monoisotopic (exact) mass is 395 g/mol. The number of halogens is 3. The van der Waals surface area contributed by atoms with Crippen molar-refractivity contribution >= 4 is 23.4 Å². The summed E-state index contributed by atoms with van der Waals surface area (Å²) in [5, 5.41) is 8.99. The van der Waals surface area contributed by atoms with E-state index < -0.39 is 5.82 Å². The number of nitrogens with zero attached hydrogens (tertiary/aromatic N) is 3. The molecule has 0 saturated carbocycles. The Morgan fingerprint density at radius 2 is 1.92 bits per heavy atom. The molecule has 0 amide bonds. The van der Waals surface area contributed by atoms with Gasteiger partial charge in [0.25, 0.3) is 0 Å². The summed E-state index contributed by atoms with van der Waals surface area (Å²) in [5.41, 5.74) is 0.613. The molecule has 0 fully saturated rings. The number of benzene rings is 2. The number of ether oxygens (including phenoxy) is 1. The van der Waals surface area contributed by atoms with Crippen molar-refractivity contribution in [1.29, 1.82) is 0 Å². The molecule has 0 aliphatic heterocycles. The maximum Gasteiger partial charge on any atom is 0.191 e. The fraction of sp³-hybridized carbons (Fsp3) is 0.222. The normalized spacial score (nSPS) is 10.9. The lowest BCUT2D eigenvalue weighted by molar-refractivity contribution is 0.288. The van der Waals surface area contributed by atoms with Crippen molar-refractivity contribution in [3.63, 3.8) is 0 Å². The summed E-state index contributed by atoms with van der Waals surface area (Å²) >= 11 is 7.16. The summed E-state index contributed by atoms with van der Waals surface area (Å²) in [6.45, 7) is 2.79. The first kappa shape index (κ1) is 18.7. The molecule has 1 heterocycles. The van der Waals surface area contributed by atoms with Crippen molar-refractivity contribution in [2.24, 2.45) is 0 Å². The van der Waals surface area contributed by atoms with Gasteiger partial charge in [0.1, 0.15) is 24.0 Å². The SMILES string of the molecule is CCn1c(COc2ccc(F)c(Cl)c2)nnc1SCc1ccccc1F. The molecule has 4 nitrogen and oxygen atoms in total. The van der Waals surface area contributed by atoms with Crippen molar-refractivity contribution in [2.45, 2.75) is 31.0 Å². The van der Waals surface area contributed by atoms with Crippen LogP contribution in [0.1, 0.15) is 18.3 Å². The summed E-state index contributed by atoms with van der Waals surface area (Å²) in [7, 11) is 0. The van der Waals surface area contributed by atoms with Crippen molar-refractivity contribution in [2.75, 3.05) is 0 Å². The predicted molar refractivity (Wildman–Crippen MR) is 97.4 cm³/mol. The van der Waals surface area contributed by atoms with Crippen LogP contribution in [0.4, 0.5) is 8.78 Å². The lowest BCUT2D eigenvalue weighted by Gasteiger charge is -2.09. The lowest BCUT2D eigenvalue weighted by atomic mass is 10.2. The van der Waals surface area contributed by atoms with E-state index in [0.717, 1.165) is 0 Å². The highest BCUT2D eigenvalue weighted by Gasteiger charge is 2.13. The van der Waals surface area contributed by atoms with Gasteiger partial charge in [-0.15, -0.1) is 10.2 Å². The van der Waals surface area contributed by atoms with Crippen LogP contribution in [0.5, 0.6) is 5.75 Å². The smallest absolute Gasteiger partial charge is 0.191 e. The van der Waals surface area contributed by atoms with Crippen molar-refractivity contribution < 1.29 is 13.5 Å². The molecule has 0 saturated heterocycles. The van der Waals surface area contributed by atoms with E-state index in [1.54, 1.807) is 18.2 Å². The van der Waals surface area contributed by atoms with Crippen LogP contribution in [0.15, 0.2) is 47.6 Å². The van der Waals surface area contributed by atoms with Crippen LogP contribution in [0.3, 0.4) is 0 Å². The Bertz CT molecular complexity index is 904. The third-order valence-corrected chi connectivity index (χ3v) is 4.99. The molecule has 0 radical (unpaired) electrons. The molecule has 0 unspecified atom stereocenters. The van der Waals surface area contributed by atoms with Crippen LogP contribution >= 0.6 is 23.4 Å². The van der Waals surface area contributed by atoms with Crippen LogP contribution in [0, 0.1) is 11.6 Å². The van der Waals surface area contributed by atoms with Gasteiger partial charge in [0.05, 0.1) is 5.02 Å². The van der Waals surface area contributed by atoms with E-state index >= 15 is 0 Å². The summed E-state index contributed by atoms with van der Waals surface area (Å²) in [6, 6.07) is 10.8. The topological polar surface area (TPSA) is 39.9 Å². The Kier molecular flexibility index (Phi) is 6.11. The van der Waals surface area contributed by atoms with E-state index in [1.165, 1.54) is 36.0 Å². The average molecular weight is 396 g/mol. The van der Waals surface area contributed by atoms with Crippen LogP contribution in [-0.4, -0.2) is 14.8 Å². The summed E-state index contributed by atoms with van der Waals surface area (Å²) in [4.78, 5) is 0. The lowest BCUT2D eigenvalue weighted by Crippen LogP contribution is -2.07. The maximum atomic E-state index is 13.7. The van der Waals surface area contributed by atoms with Gasteiger partial charge in [-0.05, 0) is 30.7 Å². The molecule has 0 aliphatic carbocycles. The molecular weight excluding hydrogens is 380 g/mol. The number of hydrogen-bond acceptors (Lipinski definition) is 4. The molecule has 0 aliphatic rings. The van der Waals surface area contributed by atoms with Gasteiger partial charge in [0.2, 0.25) is 0 Å². The maximum absolute atomic E-state index is 13.7. The Labute approximate surface area is 159 Å². The molecular formula is C18H16ClF2N3OS. The standard InChI is InChI=1S/C18H16ClF2N3OS/c1-2-24-17(10-25-13-7-8-16(21)14(19)9-13)22-23-18(24)26-11-12-5-3-4-6-15(12)20/h3-9H,2,10-11H2,1H3. The van der Waals surface area contributed by atoms with Crippen LogP contribution < -0.4 is 4.74 Å². The van der Waals surface area contributed by atoms with E-state index in [2.05, 4.69) is 10.2 Å². The second-order valence-corrected chi connectivity index (χ2v) is 6.74. The fourth-order valence-electron chi connectivity index (χ4n) is 2.32. The molecule has 0 atom stereocenters. The first-order chi connectivity index (χ1) is 12.6. The molecule has 0 N–H and O–H groups in total. The van der Waals surface area contributed by atoms with Gasteiger partial charge < -0.3 is 9.30 Å². The Balaban J connectivity index is 1.67. The minimum Gasteiger partial charge on any atom is -0.486 e. The summed E-state index contributed by atoms with van der Waals surface area (Å²) in [5.74, 6) is 0.799. The molecule has 3 aromatic rings. The molecule has 0 spiro atoms. The van der Waals surface area contributed by atoms with E-state index in [-0.39, 0.29) is 17.4 Å². The molecule has 2 aromatic carbocycles. The Hall–Kier alpha value is -2.12. The second-order valence-electron chi connectivity index (χ2n) is 5.39. The molecule has 8 heteroatoms. The average Bonchev–Trinajstić information content (AvgIpc) is 3.04. The Morgan fingerprint density at radius 3 is 2.65 bits per heavy atom. The third-order valence-electron chi connectivity index (χ3n) is 3.68. The number of rotatable bonds is 7. The third kappa shape index (κ3) is 4.34. The van der Waals surface area contributed by atoms with Gasteiger partial charge in [0.15, 0.2) is 11.0 Å². The van der Waals surface area contributed by atoms with E-state index in [0.29, 0.717) is 34.6 Å². The van der Waals surface area contributed by atoms with Gasteiger partial charge >= 0.3 is 0 Å². The highest BCUT2D eigenvalue weighted by atomic mass is 35.5. The van der Waals surface area contributed by atoms with Gasteiger partial charge in [-0.25, -0.2) is 8.78 Å². The minimum absolute atomic E-state index is 0.000547. The largest absolute Gasteiger partial charge is 0.486 e. The predicted octanol–water partition coefficient (Wildman–Crippen LogP) is 5.10. The Morgan fingerprint density at radius 1 is 1.12 bits per heavy atom. The molecule has 136 valence electrons. The van der Waals surface area contributed by atoms with Crippen LogP contribution in [-0.2, 0) is 18.9 Å². The molecule has 1 aromatic heterocycles. The second kappa shape index (κ2) is 8.51. The first-order valence-corrected chi connectivity index (χ1v) is 9.31. The molecule has 0 bridgehead atoms. The van der Waals surface area contributed by atoms with Gasteiger partial charge in [-0.2, -0.15) is 0 Å². The number of aromatic nitrogens is 3. The van der Waals surface area contributed by atoms with Crippen LogP contribution in [0.25, 0.3) is 0 Å². The van der Waals surface area contributed by atoms with Crippen molar-refractivity contribution in [3.8, 4) is 5.75 Å². The molecule has 26 heavy (non-hydrogen) atoms. The minimum atomic E-state index is -0.498.